The molecule has 0 radical (unpaired) electrons. The standard InChI is InChI=1S/C30H37N7O2/c1-20-33-28-13-12-25(19-37(28)35-20)36-14-6-7-21(18-36)15-22-8-3-4-11-26(22)34-30-32-17-27(39-30)23-9-5-10-24(16-23)29(38)31-2/h5,9-10,12-13,16-17,19,21-22,26H,3-4,6-8,11,14-15,18H2,1-2H3,(H,31,38)(H,32,34)/t21-,22+,26-/m1/s1. The molecule has 0 bridgehead atoms. The van der Waals surface area contributed by atoms with Crippen molar-refractivity contribution < 1.29 is 9.21 Å². The summed E-state index contributed by atoms with van der Waals surface area (Å²) in [6, 6.07) is 12.6. The maximum Gasteiger partial charge on any atom is 0.295 e. The summed E-state index contributed by atoms with van der Waals surface area (Å²) in [4.78, 5) is 23.6. The Hall–Kier alpha value is -3.88. The van der Waals surface area contributed by atoms with E-state index < -0.39 is 0 Å². The average Bonchev–Trinajstić information content (AvgIpc) is 3.59. The largest absolute Gasteiger partial charge is 0.424 e. The molecular weight excluding hydrogens is 490 g/mol. The number of anilines is 2. The second kappa shape index (κ2) is 11.1. The van der Waals surface area contributed by atoms with Gasteiger partial charge < -0.3 is 20.0 Å². The van der Waals surface area contributed by atoms with Crippen LogP contribution in [0.3, 0.4) is 0 Å². The Kier molecular flexibility index (Phi) is 7.22. The number of hydrogen-bond donors (Lipinski definition) is 2. The highest BCUT2D eigenvalue weighted by atomic mass is 16.4. The molecule has 3 aromatic heterocycles. The van der Waals surface area contributed by atoms with Gasteiger partial charge in [0.1, 0.15) is 5.82 Å². The van der Waals surface area contributed by atoms with Crippen molar-refractivity contribution in [2.24, 2.45) is 11.8 Å². The van der Waals surface area contributed by atoms with Crippen LogP contribution < -0.4 is 15.5 Å². The van der Waals surface area contributed by atoms with Crippen LogP contribution in [0.2, 0.25) is 0 Å². The van der Waals surface area contributed by atoms with Crippen LogP contribution in [-0.4, -0.2) is 51.7 Å². The summed E-state index contributed by atoms with van der Waals surface area (Å²) < 4.78 is 8.01. The van der Waals surface area contributed by atoms with Crippen molar-refractivity contribution >= 4 is 23.3 Å². The monoisotopic (exact) mass is 527 g/mol. The van der Waals surface area contributed by atoms with Gasteiger partial charge in [-0.3, -0.25) is 4.79 Å². The summed E-state index contributed by atoms with van der Waals surface area (Å²) in [6.45, 7) is 4.09. The number of hydrogen-bond acceptors (Lipinski definition) is 7. The third-order valence-electron chi connectivity index (χ3n) is 8.30. The zero-order valence-corrected chi connectivity index (χ0v) is 22.8. The van der Waals surface area contributed by atoms with E-state index in [0.29, 0.717) is 35.2 Å². The average molecular weight is 528 g/mol. The van der Waals surface area contributed by atoms with Crippen LogP contribution in [0.1, 0.15) is 61.1 Å². The number of rotatable bonds is 7. The van der Waals surface area contributed by atoms with Gasteiger partial charge in [-0.05, 0) is 75.1 Å². The van der Waals surface area contributed by atoms with Gasteiger partial charge in [-0.1, -0.05) is 25.0 Å². The van der Waals surface area contributed by atoms with E-state index in [2.05, 4.69) is 48.9 Å². The molecule has 39 heavy (non-hydrogen) atoms. The topological polar surface area (TPSA) is 101 Å². The van der Waals surface area contributed by atoms with Gasteiger partial charge in [0.05, 0.1) is 18.1 Å². The fourth-order valence-electron chi connectivity index (χ4n) is 6.36. The van der Waals surface area contributed by atoms with Crippen LogP contribution >= 0.6 is 0 Å². The van der Waals surface area contributed by atoms with Crippen LogP contribution in [0, 0.1) is 18.8 Å². The molecule has 9 heteroatoms. The number of nitrogens with zero attached hydrogens (tertiary/aromatic N) is 5. The van der Waals surface area contributed by atoms with Gasteiger partial charge in [0.15, 0.2) is 11.4 Å². The van der Waals surface area contributed by atoms with Crippen molar-refractivity contribution in [3.8, 4) is 11.3 Å². The SMILES string of the molecule is CNC(=O)c1cccc(-c2cnc(N[C@@H]3CCCC[C@H]3C[C@H]3CCCN(c4ccc5nc(C)nn5c4)C3)o2)c1. The Morgan fingerprint density at radius 3 is 2.92 bits per heavy atom. The molecule has 0 unspecified atom stereocenters. The van der Waals surface area contributed by atoms with E-state index in [4.69, 9.17) is 4.42 Å². The Labute approximate surface area is 229 Å². The molecule has 1 saturated heterocycles. The summed E-state index contributed by atoms with van der Waals surface area (Å²) in [5.41, 5.74) is 3.57. The quantitative estimate of drug-likeness (QED) is 0.335. The first kappa shape index (κ1) is 25.4. The minimum atomic E-state index is -0.116. The molecule has 1 aromatic carbocycles. The molecule has 204 valence electrons. The number of carbonyl (C=O) groups excluding carboxylic acids is 1. The zero-order valence-electron chi connectivity index (χ0n) is 22.8. The van der Waals surface area contributed by atoms with Gasteiger partial charge in [-0.25, -0.2) is 14.5 Å². The summed E-state index contributed by atoms with van der Waals surface area (Å²) in [5, 5.41) is 10.8. The highest BCUT2D eigenvalue weighted by Gasteiger charge is 2.31. The van der Waals surface area contributed by atoms with Crippen LogP contribution in [0.15, 0.2) is 53.2 Å². The summed E-state index contributed by atoms with van der Waals surface area (Å²) >= 11 is 0. The van der Waals surface area contributed by atoms with Crippen LogP contribution in [-0.2, 0) is 0 Å². The first-order chi connectivity index (χ1) is 19.1. The number of fused-ring (bicyclic) bond motifs is 1. The summed E-state index contributed by atoms with van der Waals surface area (Å²) in [6.07, 6.45) is 12.4. The number of piperidine rings is 1. The first-order valence-electron chi connectivity index (χ1n) is 14.2. The fraction of sp³-hybridized carbons (Fsp3) is 0.467. The highest BCUT2D eigenvalue weighted by molar-refractivity contribution is 5.95. The Morgan fingerprint density at radius 1 is 1.13 bits per heavy atom. The molecule has 3 atom stereocenters. The molecule has 1 aliphatic heterocycles. The molecule has 9 nitrogen and oxygen atoms in total. The molecule has 1 saturated carbocycles. The second-order valence-corrected chi connectivity index (χ2v) is 11.0. The van der Waals surface area contributed by atoms with Crippen LogP contribution in [0.4, 0.5) is 11.7 Å². The lowest BCUT2D eigenvalue weighted by atomic mass is 9.77. The number of nitrogens with one attached hydrogen (secondary N) is 2. The Balaban J connectivity index is 1.11. The van der Waals surface area contributed by atoms with E-state index in [1.807, 2.05) is 29.6 Å². The van der Waals surface area contributed by atoms with E-state index in [1.54, 1.807) is 19.3 Å². The number of carbonyl (C=O) groups is 1. The van der Waals surface area contributed by atoms with Crippen molar-refractivity contribution in [1.82, 2.24) is 24.9 Å². The van der Waals surface area contributed by atoms with E-state index >= 15 is 0 Å². The van der Waals surface area contributed by atoms with Gasteiger partial charge in [-0.15, -0.1) is 0 Å². The summed E-state index contributed by atoms with van der Waals surface area (Å²) in [7, 11) is 1.63. The zero-order chi connectivity index (χ0) is 26.8. The second-order valence-electron chi connectivity index (χ2n) is 11.0. The third kappa shape index (κ3) is 5.62. The van der Waals surface area contributed by atoms with Crippen molar-refractivity contribution in [2.75, 3.05) is 30.4 Å². The number of aromatic nitrogens is 4. The van der Waals surface area contributed by atoms with E-state index in [1.165, 1.54) is 44.2 Å². The van der Waals surface area contributed by atoms with E-state index in [9.17, 15) is 4.79 Å². The highest BCUT2D eigenvalue weighted by Crippen LogP contribution is 2.36. The number of amides is 1. The van der Waals surface area contributed by atoms with Crippen LogP contribution in [0.5, 0.6) is 0 Å². The van der Waals surface area contributed by atoms with Crippen LogP contribution in [0.25, 0.3) is 17.0 Å². The van der Waals surface area contributed by atoms with Crippen molar-refractivity contribution in [3.05, 3.63) is 60.2 Å². The van der Waals surface area contributed by atoms with E-state index in [-0.39, 0.29) is 5.91 Å². The lowest BCUT2D eigenvalue weighted by Crippen LogP contribution is -2.39. The summed E-state index contributed by atoms with van der Waals surface area (Å²) in [5.74, 6) is 2.60. The molecule has 6 rings (SSSR count). The minimum Gasteiger partial charge on any atom is -0.424 e. The smallest absolute Gasteiger partial charge is 0.295 e. The lowest BCUT2D eigenvalue weighted by Gasteiger charge is -2.39. The number of pyridine rings is 1. The maximum atomic E-state index is 12.0. The molecule has 1 aliphatic carbocycles. The van der Waals surface area contributed by atoms with Crippen molar-refractivity contribution in [2.45, 2.75) is 57.9 Å². The molecular formula is C30H37N7O2. The molecule has 2 aliphatic rings. The molecule has 2 fully saturated rings. The molecule has 4 heterocycles. The third-order valence-corrected chi connectivity index (χ3v) is 8.30. The van der Waals surface area contributed by atoms with Gasteiger partial charge >= 0.3 is 0 Å². The number of benzene rings is 1. The first-order valence-corrected chi connectivity index (χ1v) is 14.2. The number of oxazole rings is 1. The molecule has 1 amide bonds. The Bertz CT molecular complexity index is 1440. The molecule has 4 aromatic rings. The van der Waals surface area contributed by atoms with Crippen molar-refractivity contribution in [1.29, 1.82) is 0 Å². The lowest BCUT2D eigenvalue weighted by molar-refractivity contribution is 0.0963. The molecule has 0 spiro atoms. The van der Waals surface area contributed by atoms with Gasteiger partial charge in [0.25, 0.3) is 11.9 Å². The normalized spacial score (nSPS) is 21.7. The fourth-order valence-corrected chi connectivity index (χ4v) is 6.36. The molecule has 2 N–H and O–H groups in total. The minimum absolute atomic E-state index is 0.116. The van der Waals surface area contributed by atoms with Gasteiger partial charge in [0.2, 0.25) is 0 Å². The van der Waals surface area contributed by atoms with Gasteiger partial charge in [-0.2, -0.15) is 5.10 Å². The van der Waals surface area contributed by atoms with Crippen molar-refractivity contribution in [3.63, 3.8) is 0 Å². The van der Waals surface area contributed by atoms with E-state index in [0.717, 1.165) is 36.5 Å². The Morgan fingerprint density at radius 2 is 2.03 bits per heavy atom. The number of aryl methyl sites for hydroxylation is 1. The maximum absolute atomic E-state index is 12.0. The predicted octanol–water partition coefficient (Wildman–Crippen LogP) is 5.33. The van der Waals surface area contributed by atoms with Gasteiger partial charge in [0, 0.05) is 37.3 Å². The predicted molar refractivity (Wildman–Crippen MR) is 152 cm³/mol.